The number of rotatable bonds is 2. The van der Waals surface area contributed by atoms with Crippen molar-refractivity contribution in [3.05, 3.63) is 21.9 Å². The van der Waals surface area contributed by atoms with Gasteiger partial charge in [0.15, 0.2) is 6.29 Å². The molecule has 3 nitrogen and oxygen atoms in total. The van der Waals surface area contributed by atoms with Crippen LogP contribution < -0.4 is 0 Å². The van der Waals surface area contributed by atoms with E-state index in [1.807, 2.05) is 0 Å². The zero-order valence-electron chi connectivity index (χ0n) is 6.90. The Kier molecular flexibility index (Phi) is 2.60. The molecule has 0 aliphatic rings. The largest absolute Gasteiger partial charge is 0.345 e. The van der Waals surface area contributed by atoms with E-state index in [4.69, 9.17) is 0 Å². The van der Waals surface area contributed by atoms with Crippen LogP contribution in [0, 0.1) is 0 Å². The van der Waals surface area contributed by atoms with E-state index in [2.05, 4.69) is 0 Å². The molecular weight excluding hydrogens is 174 g/mol. The average Bonchev–Trinajstić information content (AvgIpc) is 2.49. The summed E-state index contributed by atoms with van der Waals surface area (Å²) in [5, 5.41) is 1.74. The highest BCUT2D eigenvalue weighted by molar-refractivity contribution is 7.12. The molecule has 1 heterocycles. The predicted octanol–water partition coefficient (Wildman–Crippen LogP) is 1.26. The van der Waals surface area contributed by atoms with Crippen LogP contribution in [0.15, 0.2) is 11.4 Å². The third-order valence-corrected chi connectivity index (χ3v) is 2.28. The summed E-state index contributed by atoms with van der Waals surface area (Å²) >= 11 is 1.28. The summed E-state index contributed by atoms with van der Waals surface area (Å²) in [5.41, 5.74) is 0.486. The molecule has 12 heavy (non-hydrogen) atoms. The topological polar surface area (TPSA) is 37.4 Å². The summed E-state index contributed by atoms with van der Waals surface area (Å²) in [6.45, 7) is 0. The minimum absolute atomic E-state index is 0.127. The van der Waals surface area contributed by atoms with Crippen molar-refractivity contribution in [1.29, 1.82) is 0 Å². The zero-order valence-corrected chi connectivity index (χ0v) is 7.72. The van der Waals surface area contributed by atoms with E-state index in [-0.39, 0.29) is 5.91 Å². The molecule has 1 rings (SSSR count). The van der Waals surface area contributed by atoms with E-state index in [0.717, 1.165) is 0 Å². The monoisotopic (exact) mass is 183 g/mol. The molecule has 0 N–H and O–H groups in total. The number of thiophene rings is 1. The van der Waals surface area contributed by atoms with Gasteiger partial charge in [-0.05, 0) is 11.4 Å². The molecule has 0 saturated heterocycles. The summed E-state index contributed by atoms with van der Waals surface area (Å²) in [6, 6.07) is 1.66. The molecule has 0 spiro atoms. The van der Waals surface area contributed by atoms with E-state index < -0.39 is 0 Å². The molecule has 1 aromatic rings. The Hall–Kier alpha value is -1.16. The highest BCUT2D eigenvalue weighted by atomic mass is 32.1. The van der Waals surface area contributed by atoms with Crippen LogP contribution in [0.3, 0.4) is 0 Å². The van der Waals surface area contributed by atoms with Gasteiger partial charge in [0, 0.05) is 14.1 Å². The molecule has 0 saturated carbocycles. The lowest BCUT2D eigenvalue weighted by atomic mass is 10.2. The molecular formula is C8H9NO2S. The van der Waals surface area contributed by atoms with E-state index in [1.54, 1.807) is 25.5 Å². The van der Waals surface area contributed by atoms with Crippen LogP contribution in [0.2, 0.25) is 0 Å². The van der Waals surface area contributed by atoms with Crippen LogP contribution in [0.5, 0.6) is 0 Å². The Labute approximate surface area is 74.6 Å². The normalized spacial score (nSPS) is 9.50. The standard InChI is InChI=1S/C8H9NO2S/c1-9(2)8(11)6-3-4-12-7(6)5-10/h3-5H,1-2H3. The van der Waals surface area contributed by atoms with Crippen molar-refractivity contribution in [2.75, 3.05) is 14.1 Å². The molecule has 0 aliphatic carbocycles. The lowest BCUT2D eigenvalue weighted by Gasteiger charge is -2.08. The minimum atomic E-state index is -0.127. The molecule has 4 heteroatoms. The molecule has 64 valence electrons. The van der Waals surface area contributed by atoms with E-state index >= 15 is 0 Å². The fourth-order valence-corrected chi connectivity index (χ4v) is 1.52. The average molecular weight is 183 g/mol. The van der Waals surface area contributed by atoms with Crippen LogP contribution in [-0.2, 0) is 0 Å². The minimum Gasteiger partial charge on any atom is -0.345 e. The van der Waals surface area contributed by atoms with Crippen molar-refractivity contribution in [2.24, 2.45) is 0 Å². The Morgan fingerprint density at radius 2 is 2.25 bits per heavy atom. The van der Waals surface area contributed by atoms with Crippen LogP contribution in [0.1, 0.15) is 20.0 Å². The van der Waals surface area contributed by atoms with Crippen molar-refractivity contribution in [3.63, 3.8) is 0 Å². The Balaban J connectivity index is 3.01. The lowest BCUT2D eigenvalue weighted by molar-refractivity contribution is 0.0825. The second kappa shape index (κ2) is 3.49. The number of hydrogen-bond donors (Lipinski definition) is 0. The van der Waals surface area contributed by atoms with Crippen molar-refractivity contribution in [3.8, 4) is 0 Å². The van der Waals surface area contributed by atoms with Gasteiger partial charge < -0.3 is 4.90 Å². The van der Waals surface area contributed by atoms with E-state index in [1.165, 1.54) is 16.2 Å². The van der Waals surface area contributed by atoms with Gasteiger partial charge in [0.1, 0.15) is 0 Å². The summed E-state index contributed by atoms with van der Waals surface area (Å²) < 4.78 is 0. The number of carbonyl (C=O) groups excluding carboxylic acids is 2. The number of aldehydes is 1. The van der Waals surface area contributed by atoms with Crippen LogP contribution in [0.25, 0.3) is 0 Å². The van der Waals surface area contributed by atoms with Gasteiger partial charge in [0.2, 0.25) is 0 Å². The number of amides is 1. The maximum absolute atomic E-state index is 11.4. The van der Waals surface area contributed by atoms with Crippen LogP contribution in [-0.4, -0.2) is 31.2 Å². The second-order valence-electron chi connectivity index (χ2n) is 2.52. The van der Waals surface area contributed by atoms with E-state index in [0.29, 0.717) is 16.7 Å². The first-order chi connectivity index (χ1) is 5.66. The van der Waals surface area contributed by atoms with Crippen molar-refractivity contribution in [2.45, 2.75) is 0 Å². The lowest BCUT2D eigenvalue weighted by Crippen LogP contribution is -2.21. The van der Waals surface area contributed by atoms with Gasteiger partial charge in [-0.3, -0.25) is 9.59 Å². The smallest absolute Gasteiger partial charge is 0.254 e. The van der Waals surface area contributed by atoms with Gasteiger partial charge >= 0.3 is 0 Å². The quantitative estimate of drug-likeness (QED) is 0.647. The maximum Gasteiger partial charge on any atom is 0.254 e. The maximum atomic E-state index is 11.4. The Morgan fingerprint density at radius 1 is 1.58 bits per heavy atom. The number of nitrogens with zero attached hydrogens (tertiary/aromatic N) is 1. The van der Waals surface area contributed by atoms with Crippen LogP contribution in [0.4, 0.5) is 0 Å². The predicted molar refractivity (Wildman–Crippen MR) is 47.7 cm³/mol. The van der Waals surface area contributed by atoms with Gasteiger partial charge in [-0.1, -0.05) is 0 Å². The summed E-state index contributed by atoms with van der Waals surface area (Å²) in [6.07, 6.45) is 0.710. The SMILES string of the molecule is CN(C)C(=O)c1ccsc1C=O. The zero-order chi connectivity index (χ0) is 9.14. The first kappa shape index (κ1) is 8.93. The van der Waals surface area contributed by atoms with Crippen molar-refractivity contribution in [1.82, 2.24) is 4.90 Å². The first-order valence-corrected chi connectivity index (χ1v) is 4.29. The van der Waals surface area contributed by atoms with Gasteiger partial charge in [-0.15, -0.1) is 11.3 Å². The summed E-state index contributed by atoms with van der Waals surface area (Å²) in [4.78, 5) is 23.8. The summed E-state index contributed by atoms with van der Waals surface area (Å²) in [5.74, 6) is -0.127. The Bertz CT molecular complexity index is 304. The molecule has 0 aromatic carbocycles. The van der Waals surface area contributed by atoms with Crippen LogP contribution >= 0.6 is 11.3 Å². The molecule has 0 bridgehead atoms. The van der Waals surface area contributed by atoms with Gasteiger partial charge in [-0.25, -0.2) is 0 Å². The molecule has 0 aliphatic heterocycles. The fraction of sp³-hybridized carbons (Fsp3) is 0.250. The highest BCUT2D eigenvalue weighted by Gasteiger charge is 2.13. The van der Waals surface area contributed by atoms with Crippen molar-refractivity contribution >= 4 is 23.5 Å². The van der Waals surface area contributed by atoms with Gasteiger partial charge in [0.05, 0.1) is 10.4 Å². The van der Waals surface area contributed by atoms with E-state index in [9.17, 15) is 9.59 Å². The number of hydrogen-bond acceptors (Lipinski definition) is 3. The van der Waals surface area contributed by atoms with Crippen molar-refractivity contribution < 1.29 is 9.59 Å². The molecule has 0 unspecified atom stereocenters. The number of carbonyl (C=O) groups is 2. The molecule has 0 atom stereocenters. The molecule has 0 fully saturated rings. The van der Waals surface area contributed by atoms with Gasteiger partial charge in [0.25, 0.3) is 5.91 Å². The third-order valence-electron chi connectivity index (χ3n) is 1.44. The first-order valence-electron chi connectivity index (χ1n) is 3.41. The third kappa shape index (κ3) is 1.53. The van der Waals surface area contributed by atoms with Gasteiger partial charge in [-0.2, -0.15) is 0 Å². The fourth-order valence-electron chi connectivity index (χ4n) is 0.830. The molecule has 1 aromatic heterocycles. The molecule has 0 radical (unpaired) electrons. The summed E-state index contributed by atoms with van der Waals surface area (Å²) in [7, 11) is 3.32. The second-order valence-corrected chi connectivity index (χ2v) is 3.46. The Morgan fingerprint density at radius 3 is 2.75 bits per heavy atom. The highest BCUT2D eigenvalue weighted by Crippen LogP contribution is 2.15. The molecule has 1 amide bonds.